The fourth-order valence-corrected chi connectivity index (χ4v) is 1.68. The fraction of sp³-hybridized carbons (Fsp3) is 0.167. The van der Waals surface area contributed by atoms with Crippen molar-refractivity contribution in [1.82, 2.24) is 9.78 Å². The number of alkyl halides is 3. The molecule has 106 valence electrons. The van der Waals surface area contributed by atoms with Gasteiger partial charge in [0, 0.05) is 12.6 Å². The van der Waals surface area contributed by atoms with Crippen LogP contribution in [0.2, 0.25) is 0 Å². The van der Waals surface area contributed by atoms with E-state index in [9.17, 15) is 18.0 Å². The van der Waals surface area contributed by atoms with Crippen molar-refractivity contribution in [3.63, 3.8) is 0 Å². The van der Waals surface area contributed by atoms with Gasteiger partial charge in [-0.3, -0.25) is 0 Å². The third-order valence-electron chi connectivity index (χ3n) is 2.61. The van der Waals surface area contributed by atoms with E-state index in [1.807, 2.05) is 0 Å². The Balaban J connectivity index is 2.60. The predicted octanol–water partition coefficient (Wildman–Crippen LogP) is 2.05. The van der Waals surface area contributed by atoms with E-state index in [-0.39, 0.29) is 12.2 Å². The Morgan fingerprint density at radius 1 is 1.35 bits per heavy atom. The number of rotatable bonds is 3. The second kappa shape index (κ2) is 4.97. The summed E-state index contributed by atoms with van der Waals surface area (Å²) >= 11 is 0. The third kappa shape index (κ3) is 2.64. The van der Waals surface area contributed by atoms with Crippen molar-refractivity contribution in [2.75, 3.05) is 0 Å². The van der Waals surface area contributed by atoms with Crippen LogP contribution in [0.4, 0.5) is 13.2 Å². The van der Waals surface area contributed by atoms with Gasteiger partial charge in [-0.1, -0.05) is 12.1 Å². The van der Waals surface area contributed by atoms with Crippen molar-refractivity contribution in [3.8, 4) is 5.69 Å². The molecule has 0 bridgehead atoms. The highest BCUT2D eigenvalue weighted by molar-refractivity contribution is 5.86. The lowest BCUT2D eigenvalue weighted by molar-refractivity contribution is -0.141. The SMILES string of the molecule is NCc1cccc(-n2nc(C(F)(F)F)cc2C(=O)O)c1. The van der Waals surface area contributed by atoms with E-state index < -0.39 is 23.5 Å². The number of hydrogen-bond acceptors (Lipinski definition) is 3. The molecule has 0 saturated carbocycles. The molecule has 0 saturated heterocycles. The minimum Gasteiger partial charge on any atom is -0.477 e. The van der Waals surface area contributed by atoms with Gasteiger partial charge in [0.2, 0.25) is 0 Å². The number of nitrogens with two attached hydrogens (primary N) is 1. The molecule has 0 fully saturated rings. The van der Waals surface area contributed by atoms with E-state index in [2.05, 4.69) is 5.10 Å². The first-order chi connectivity index (χ1) is 9.32. The zero-order valence-corrected chi connectivity index (χ0v) is 10.1. The average Bonchev–Trinajstić information content (AvgIpc) is 2.84. The van der Waals surface area contributed by atoms with E-state index in [0.717, 1.165) is 4.68 Å². The Morgan fingerprint density at radius 3 is 2.60 bits per heavy atom. The van der Waals surface area contributed by atoms with Crippen molar-refractivity contribution >= 4 is 5.97 Å². The molecule has 2 aromatic rings. The lowest BCUT2D eigenvalue weighted by Gasteiger charge is -2.06. The minimum absolute atomic E-state index is 0.184. The molecule has 1 aromatic heterocycles. The van der Waals surface area contributed by atoms with Crippen molar-refractivity contribution in [1.29, 1.82) is 0 Å². The van der Waals surface area contributed by atoms with Gasteiger partial charge in [-0.25, -0.2) is 9.48 Å². The van der Waals surface area contributed by atoms with Crippen LogP contribution in [0.15, 0.2) is 30.3 Å². The quantitative estimate of drug-likeness (QED) is 0.904. The summed E-state index contributed by atoms with van der Waals surface area (Å²) in [5.41, 5.74) is 4.49. The van der Waals surface area contributed by atoms with Crippen LogP contribution < -0.4 is 5.73 Å². The highest BCUT2D eigenvalue weighted by atomic mass is 19.4. The number of carbonyl (C=O) groups is 1. The monoisotopic (exact) mass is 285 g/mol. The molecule has 3 N–H and O–H groups in total. The van der Waals surface area contributed by atoms with E-state index in [1.54, 1.807) is 12.1 Å². The number of nitrogens with zero attached hydrogens (tertiary/aromatic N) is 2. The Bertz CT molecular complexity index is 650. The first-order valence-electron chi connectivity index (χ1n) is 5.53. The topological polar surface area (TPSA) is 81.1 Å². The van der Waals surface area contributed by atoms with Crippen LogP contribution in [0.5, 0.6) is 0 Å². The van der Waals surface area contributed by atoms with E-state index >= 15 is 0 Å². The number of halogens is 3. The lowest BCUT2D eigenvalue weighted by Crippen LogP contribution is -2.10. The Hall–Kier alpha value is -2.35. The Kier molecular flexibility index (Phi) is 3.49. The number of carboxylic acids is 1. The smallest absolute Gasteiger partial charge is 0.435 e. The van der Waals surface area contributed by atoms with Gasteiger partial charge in [0.05, 0.1) is 5.69 Å². The molecule has 0 aliphatic carbocycles. The molecular formula is C12H10F3N3O2. The highest BCUT2D eigenvalue weighted by Gasteiger charge is 2.36. The first kappa shape index (κ1) is 14.1. The summed E-state index contributed by atoms with van der Waals surface area (Å²) in [6, 6.07) is 6.69. The van der Waals surface area contributed by atoms with Crippen molar-refractivity contribution < 1.29 is 23.1 Å². The summed E-state index contributed by atoms with van der Waals surface area (Å²) in [6.45, 7) is 0.184. The van der Waals surface area contributed by atoms with Gasteiger partial charge in [0.25, 0.3) is 0 Å². The Labute approximate surface area is 111 Å². The van der Waals surface area contributed by atoms with Gasteiger partial charge in [0.15, 0.2) is 11.4 Å². The molecule has 20 heavy (non-hydrogen) atoms. The molecule has 5 nitrogen and oxygen atoms in total. The third-order valence-corrected chi connectivity index (χ3v) is 2.61. The number of carboxylic acid groups (broad SMARTS) is 1. The summed E-state index contributed by atoms with van der Waals surface area (Å²) in [4.78, 5) is 11.0. The molecule has 0 amide bonds. The molecule has 8 heteroatoms. The standard InChI is InChI=1S/C12H10F3N3O2/c13-12(14,15)10-5-9(11(19)20)18(17-10)8-3-1-2-7(4-8)6-16/h1-5H,6,16H2,(H,19,20). The summed E-state index contributed by atoms with van der Waals surface area (Å²) in [5, 5.41) is 12.3. The average molecular weight is 285 g/mol. The van der Waals surface area contributed by atoms with Crippen molar-refractivity contribution in [3.05, 3.63) is 47.3 Å². The normalized spacial score (nSPS) is 11.6. The molecule has 2 rings (SSSR count). The zero-order valence-electron chi connectivity index (χ0n) is 10.1. The summed E-state index contributed by atoms with van der Waals surface area (Å²) in [6.07, 6.45) is -4.71. The second-order valence-electron chi connectivity index (χ2n) is 4.00. The van der Waals surface area contributed by atoms with Gasteiger partial charge < -0.3 is 10.8 Å². The predicted molar refractivity (Wildman–Crippen MR) is 63.4 cm³/mol. The molecule has 1 aromatic carbocycles. The van der Waals surface area contributed by atoms with Crippen LogP contribution in [0.1, 0.15) is 21.7 Å². The van der Waals surface area contributed by atoms with Crippen LogP contribution in [0.25, 0.3) is 5.69 Å². The Morgan fingerprint density at radius 2 is 2.05 bits per heavy atom. The maximum absolute atomic E-state index is 12.6. The molecule has 0 spiro atoms. The van der Waals surface area contributed by atoms with Gasteiger partial charge in [0.1, 0.15) is 0 Å². The molecular weight excluding hydrogens is 275 g/mol. The van der Waals surface area contributed by atoms with Crippen LogP contribution in [0, 0.1) is 0 Å². The van der Waals surface area contributed by atoms with Crippen LogP contribution >= 0.6 is 0 Å². The van der Waals surface area contributed by atoms with Gasteiger partial charge in [-0.05, 0) is 17.7 Å². The van der Waals surface area contributed by atoms with Gasteiger partial charge in [-0.15, -0.1) is 0 Å². The summed E-state index contributed by atoms with van der Waals surface area (Å²) in [5.74, 6) is -1.49. The maximum Gasteiger partial charge on any atom is 0.435 e. The van der Waals surface area contributed by atoms with Gasteiger partial charge in [-0.2, -0.15) is 18.3 Å². The molecule has 0 aliphatic rings. The largest absolute Gasteiger partial charge is 0.477 e. The van der Waals surface area contributed by atoms with Crippen molar-refractivity contribution in [2.45, 2.75) is 12.7 Å². The minimum atomic E-state index is -4.71. The van der Waals surface area contributed by atoms with Gasteiger partial charge >= 0.3 is 12.1 Å². The number of benzene rings is 1. The molecule has 0 unspecified atom stereocenters. The molecule has 0 atom stereocenters. The summed E-state index contributed by atoms with van der Waals surface area (Å²) < 4.78 is 38.6. The summed E-state index contributed by atoms with van der Waals surface area (Å²) in [7, 11) is 0. The van der Waals surface area contributed by atoms with Crippen LogP contribution in [-0.2, 0) is 12.7 Å². The van der Waals surface area contributed by atoms with Crippen molar-refractivity contribution in [2.24, 2.45) is 5.73 Å². The number of aromatic nitrogens is 2. The zero-order chi connectivity index (χ0) is 14.9. The van der Waals surface area contributed by atoms with E-state index in [0.29, 0.717) is 11.6 Å². The molecule has 0 aliphatic heterocycles. The maximum atomic E-state index is 12.6. The molecule has 1 heterocycles. The second-order valence-corrected chi connectivity index (χ2v) is 4.00. The number of aromatic carboxylic acids is 1. The fourth-order valence-electron chi connectivity index (χ4n) is 1.68. The lowest BCUT2D eigenvalue weighted by atomic mass is 10.2. The molecule has 0 radical (unpaired) electrons. The van der Waals surface area contributed by atoms with E-state index in [1.165, 1.54) is 12.1 Å². The first-order valence-corrected chi connectivity index (χ1v) is 5.53. The van der Waals surface area contributed by atoms with Crippen LogP contribution in [0.3, 0.4) is 0 Å². The highest BCUT2D eigenvalue weighted by Crippen LogP contribution is 2.29. The van der Waals surface area contributed by atoms with Crippen LogP contribution in [-0.4, -0.2) is 20.9 Å². The van der Waals surface area contributed by atoms with E-state index in [4.69, 9.17) is 10.8 Å². The number of hydrogen-bond donors (Lipinski definition) is 2.